The first-order chi connectivity index (χ1) is 12.8. The Kier molecular flexibility index (Phi) is 5.68. The molecule has 2 heterocycles. The molecule has 27 heavy (non-hydrogen) atoms. The lowest BCUT2D eigenvalue weighted by atomic mass is 9.87. The summed E-state index contributed by atoms with van der Waals surface area (Å²) in [7, 11) is 0. The summed E-state index contributed by atoms with van der Waals surface area (Å²) in [6.07, 6.45) is 1.44. The highest BCUT2D eigenvalue weighted by Gasteiger charge is 2.29. The van der Waals surface area contributed by atoms with E-state index in [9.17, 15) is 4.79 Å². The summed E-state index contributed by atoms with van der Waals surface area (Å²) < 4.78 is 5.90. The second kappa shape index (κ2) is 7.99. The number of aromatic nitrogens is 1. The topological polar surface area (TPSA) is 46.9 Å². The van der Waals surface area contributed by atoms with Gasteiger partial charge in [0.15, 0.2) is 6.10 Å². The smallest absolute Gasteiger partial charge is 0.274 e. The number of carbonyl (C=O) groups is 1. The van der Waals surface area contributed by atoms with Crippen LogP contribution >= 0.6 is 0 Å². The molecule has 5 nitrogen and oxygen atoms in total. The predicted octanol–water partition coefficient (Wildman–Crippen LogP) is 2.91. The number of hydrogen-bond acceptors (Lipinski definition) is 3. The molecule has 0 spiro atoms. The van der Waals surface area contributed by atoms with Gasteiger partial charge in [-0.3, -0.25) is 9.69 Å². The van der Waals surface area contributed by atoms with Crippen LogP contribution in [-0.2, 0) is 10.2 Å². The number of H-pyrrole nitrogens is 1. The zero-order valence-electron chi connectivity index (χ0n) is 16.7. The molecule has 2 aromatic rings. The number of nitrogens with one attached hydrogen (secondary N) is 1. The number of rotatable bonds is 4. The minimum Gasteiger partial charge on any atom is -0.481 e. The SMILES string of the molecule is C[C@H](Oc1ccc(C(C)(C)C)cc1)C(=O)N1CCN(c2cccc[nH+]2)CC1. The molecule has 0 aliphatic carbocycles. The molecular formula is C22H30N3O2+. The Morgan fingerprint density at radius 2 is 1.70 bits per heavy atom. The van der Waals surface area contributed by atoms with Gasteiger partial charge >= 0.3 is 0 Å². The van der Waals surface area contributed by atoms with Crippen LogP contribution < -0.4 is 14.6 Å². The van der Waals surface area contributed by atoms with Crippen molar-refractivity contribution in [3.8, 4) is 5.75 Å². The maximum atomic E-state index is 12.7. The van der Waals surface area contributed by atoms with Gasteiger partial charge in [0, 0.05) is 6.07 Å². The van der Waals surface area contributed by atoms with Gasteiger partial charge in [0.05, 0.1) is 19.3 Å². The van der Waals surface area contributed by atoms with E-state index in [0.29, 0.717) is 13.1 Å². The fourth-order valence-electron chi connectivity index (χ4n) is 3.29. The van der Waals surface area contributed by atoms with Crippen molar-refractivity contribution < 1.29 is 14.5 Å². The van der Waals surface area contributed by atoms with Crippen LogP contribution in [0.15, 0.2) is 48.7 Å². The number of benzene rings is 1. The lowest BCUT2D eigenvalue weighted by Gasteiger charge is -2.32. The molecule has 5 heteroatoms. The Labute approximate surface area is 162 Å². The molecule has 1 aromatic heterocycles. The summed E-state index contributed by atoms with van der Waals surface area (Å²) in [5.41, 5.74) is 1.36. The molecule has 0 saturated carbocycles. The summed E-state index contributed by atoms with van der Waals surface area (Å²) in [5.74, 6) is 1.88. The van der Waals surface area contributed by atoms with E-state index in [1.165, 1.54) is 5.56 Å². The zero-order valence-corrected chi connectivity index (χ0v) is 16.7. The minimum absolute atomic E-state index is 0.0478. The Hall–Kier alpha value is -2.56. The molecule has 3 rings (SSSR count). The first-order valence-corrected chi connectivity index (χ1v) is 9.62. The van der Waals surface area contributed by atoms with Crippen LogP contribution in [0.3, 0.4) is 0 Å². The predicted molar refractivity (Wildman–Crippen MR) is 107 cm³/mol. The van der Waals surface area contributed by atoms with Gasteiger partial charge in [-0.15, -0.1) is 0 Å². The van der Waals surface area contributed by atoms with E-state index < -0.39 is 6.10 Å². The van der Waals surface area contributed by atoms with E-state index in [0.717, 1.165) is 24.7 Å². The molecule has 1 aromatic carbocycles. The molecule has 1 amide bonds. The van der Waals surface area contributed by atoms with Crippen LogP contribution in [0.1, 0.15) is 33.3 Å². The van der Waals surface area contributed by atoms with Gasteiger partial charge in [-0.25, -0.2) is 4.98 Å². The van der Waals surface area contributed by atoms with Crippen molar-refractivity contribution in [2.24, 2.45) is 0 Å². The number of pyridine rings is 1. The third-order valence-electron chi connectivity index (χ3n) is 5.01. The summed E-state index contributed by atoms with van der Waals surface area (Å²) >= 11 is 0. The summed E-state index contributed by atoms with van der Waals surface area (Å²) in [6, 6.07) is 14.1. The molecular weight excluding hydrogens is 338 g/mol. The summed E-state index contributed by atoms with van der Waals surface area (Å²) in [5, 5.41) is 0. The second-order valence-corrected chi connectivity index (χ2v) is 8.09. The number of ether oxygens (including phenoxy) is 1. The van der Waals surface area contributed by atoms with E-state index in [-0.39, 0.29) is 11.3 Å². The van der Waals surface area contributed by atoms with Crippen LogP contribution in [0.4, 0.5) is 5.82 Å². The van der Waals surface area contributed by atoms with Crippen LogP contribution in [-0.4, -0.2) is 43.1 Å². The third kappa shape index (κ3) is 4.79. The molecule has 1 aliphatic rings. The third-order valence-corrected chi connectivity index (χ3v) is 5.01. The van der Waals surface area contributed by atoms with E-state index in [1.54, 1.807) is 0 Å². The van der Waals surface area contributed by atoms with Crippen molar-refractivity contribution >= 4 is 11.7 Å². The average molecular weight is 369 g/mol. The Morgan fingerprint density at radius 1 is 1.04 bits per heavy atom. The fraction of sp³-hybridized carbons (Fsp3) is 0.455. The van der Waals surface area contributed by atoms with E-state index in [4.69, 9.17) is 4.74 Å². The van der Waals surface area contributed by atoms with Gasteiger partial charge in [-0.2, -0.15) is 0 Å². The highest BCUT2D eigenvalue weighted by atomic mass is 16.5. The largest absolute Gasteiger partial charge is 0.481 e. The summed E-state index contributed by atoms with van der Waals surface area (Å²) in [6.45, 7) is 11.4. The Balaban J connectivity index is 1.54. The minimum atomic E-state index is -0.486. The highest BCUT2D eigenvalue weighted by Crippen LogP contribution is 2.25. The molecule has 1 fully saturated rings. The maximum absolute atomic E-state index is 12.7. The molecule has 1 N–H and O–H groups in total. The first-order valence-electron chi connectivity index (χ1n) is 9.62. The van der Waals surface area contributed by atoms with Crippen LogP contribution in [0, 0.1) is 0 Å². The fourth-order valence-corrected chi connectivity index (χ4v) is 3.29. The number of anilines is 1. The molecule has 0 bridgehead atoms. The number of carbonyl (C=O) groups excluding carboxylic acids is 1. The van der Waals surface area contributed by atoms with Gasteiger partial charge in [0.25, 0.3) is 11.7 Å². The number of amides is 1. The van der Waals surface area contributed by atoms with Crippen molar-refractivity contribution in [2.75, 3.05) is 31.1 Å². The van der Waals surface area contributed by atoms with Gasteiger partial charge in [0.1, 0.15) is 18.8 Å². The number of piperazine rings is 1. The average Bonchev–Trinajstić information content (AvgIpc) is 2.68. The summed E-state index contributed by atoms with van der Waals surface area (Å²) in [4.78, 5) is 20.2. The van der Waals surface area contributed by atoms with Gasteiger partial charge in [-0.05, 0) is 36.1 Å². The van der Waals surface area contributed by atoms with Crippen LogP contribution in [0.25, 0.3) is 0 Å². The standard InChI is InChI=1S/C22H29N3O2/c1-17(27-19-10-8-18(9-11-19)22(2,3)4)21(26)25-15-13-24(14-16-25)20-7-5-6-12-23-20/h5-12,17H,13-16H2,1-4H3/p+1/t17-/m0/s1. The quantitative estimate of drug-likeness (QED) is 0.834. The second-order valence-electron chi connectivity index (χ2n) is 8.09. The van der Waals surface area contributed by atoms with E-state index >= 15 is 0 Å². The van der Waals surface area contributed by atoms with Crippen molar-refractivity contribution in [1.29, 1.82) is 0 Å². The normalized spacial score (nSPS) is 16.1. The monoisotopic (exact) mass is 368 g/mol. The van der Waals surface area contributed by atoms with Gasteiger partial charge in [-0.1, -0.05) is 39.0 Å². The number of nitrogens with zero attached hydrogens (tertiary/aromatic N) is 2. The van der Waals surface area contributed by atoms with Crippen molar-refractivity contribution in [3.63, 3.8) is 0 Å². The lowest BCUT2D eigenvalue weighted by Crippen LogP contribution is -2.52. The number of hydrogen-bond donors (Lipinski definition) is 0. The maximum Gasteiger partial charge on any atom is 0.274 e. The highest BCUT2D eigenvalue weighted by molar-refractivity contribution is 5.81. The molecule has 0 unspecified atom stereocenters. The Bertz CT molecular complexity index is 745. The molecule has 144 valence electrons. The Morgan fingerprint density at radius 3 is 2.26 bits per heavy atom. The van der Waals surface area contributed by atoms with Crippen molar-refractivity contribution in [2.45, 2.75) is 39.2 Å². The number of aromatic amines is 1. The van der Waals surface area contributed by atoms with E-state index in [1.807, 2.05) is 42.3 Å². The van der Waals surface area contributed by atoms with Gasteiger partial charge < -0.3 is 9.64 Å². The van der Waals surface area contributed by atoms with Crippen LogP contribution in [0.2, 0.25) is 0 Å². The van der Waals surface area contributed by atoms with Crippen molar-refractivity contribution in [3.05, 3.63) is 54.2 Å². The van der Waals surface area contributed by atoms with Crippen molar-refractivity contribution in [1.82, 2.24) is 4.90 Å². The molecule has 1 aliphatic heterocycles. The first kappa shape index (κ1) is 19.2. The zero-order chi connectivity index (χ0) is 19.4. The van der Waals surface area contributed by atoms with Crippen LogP contribution in [0.5, 0.6) is 5.75 Å². The lowest BCUT2D eigenvalue weighted by molar-refractivity contribution is -0.364. The molecule has 1 atom stereocenters. The van der Waals surface area contributed by atoms with E-state index in [2.05, 4.69) is 48.9 Å². The molecule has 0 radical (unpaired) electrons. The molecule has 1 saturated heterocycles. The van der Waals surface area contributed by atoms with Gasteiger partial charge in [0.2, 0.25) is 0 Å².